The Kier molecular flexibility index (Phi) is 4.93. The number of anilines is 2. The lowest BCUT2D eigenvalue weighted by molar-refractivity contribution is 1.11. The van der Waals surface area contributed by atoms with E-state index >= 15 is 0 Å². The summed E-state index contributed by atoms with van der Waals surface area (Å²) in [5, 5.41) is 4.12. The lowest BCUT2D eigenvalue weighted by atomic mass is 10.2. The molecule has 0 aliphatic rings. The summed E-state index contributed by atoms with van der Waals surface area (Å²) < 4.78 is 1.14. The fraction of sp³-hybridized carbons (Fsp3) is 0.200. The maximum atomic E-state index is 6.19. The van der Waals surface area contributed by atoms with E-state index in [0.29, 0.717) is 0 Å². The zero-order chi connectivity index (χ0) is 13.8. The Morgan fingerprint density at radius 1 is 1.11 bits per heavy atom. The number of nitrogens with zero attached hydrogens (tertiary/aromatic N) is 1. The predicted molar refractivity (Wildman–Crippen MR) is 92.3 cm³/mol. The Bertz CT molecular complexity index is 553. The molecule has 0 saturated heterocycles. The first-order valence-corrected chi connectivity index (χ1v) is 7.47. The van der Waals surface area contributed by atoms with Crippen molar-refractivity contribution in [2.24, 2.45) is 0 Å². The van der Waals surface area contributed by atoms with Gasteiger partial charge in [-0.1, -0.05) is 23.7 Å². The van der Waals surface area contributed by atoms with Crippen LogP contribution in [0.3, 0.4) is 0 Å². The van der Waals surface area contributed by atoms with Gasteiger partial charge in [-0.2, -0.15) is 0 Å². The van der Waals surface area contributed by atoms with E-state index in [1.165, 1.54) is 11.3 Å². The average Bonchev–Trinajstić information content (AvgIpc) is 2.38. The third kappa shape index (κ3) is 4.01. The molecule has 2 aromatic carbocycles. The van der Waals surface area contributed by atoms with Crippen molar-refractivity contribution in [3.8, 4) is 0 Å². The van der Waals surface area contributed by atoms with Crippen molar-refractivity contribution in [3.63, 3.8) is 0 Å². The molecule has 2 rings (SSSR count). The third-order valence-corrected chi connectivity index (χ3v) is 3.85. The second kappa shape index (κ2) is 6.48. The van der Waals surface area contributed by atoms with Gasteiger partial charge in [-0.15, -0.1) is 0 Å². The van der Waals surface area contributed by atoms with Crippen molar-refractivity contribution in [3.05, 3.63) is 56.6 Å². The van der Waals surface area contributed by atoms with Gasteiger partial charge in [-0.05, 0) is 58.5 Å². The van der Waals surface area contributed by atoms with Gasteiger partial charge in [0.05, 0.1) is 10.7 Å². The van der Waals surface area contributed by atoms with Gasteiger partial charge in [-0.25, -0.2) is 0 Å². The number of hydrogen-bond acceptors (Lipinski definition) is 2. The second-order valence-electron chi connectivity index (χ2n) is 4.54. The maximum absolute atomic E-state index is 6.19. The molecule has 0 heterocycles. The lowest BCUT2D eigenvalue weighted by Crippen LogP contribution is -2.08. The number of hydrogen-bond donors (Lipinski definition) is 1. The van der Waals surface area contributed by atoms with Crippen molar-refractivity contribution in [1.82, 2.24) is 0 Å². The largest absolute Gasteiger partial charge is 0.380 e. The minimum atomic E-state index is 0.761. The maximum Gasteiger partial charge on any atom is 0.0648 e. The number of halogens is 2. The van der Waals surface area contributed by atoms with Crippen molar-refractivity contribution in [1.29, 1.82) is 0 Å². The molecule has 0 aromatic heterocycles. The van der Waals surface area contributed by atoms with Crippen LogP contribution in [0.25, 0.3) is 0 Å². The average molecular weight is 387 g/mol. The molecule has 1 N–H and O–H groups in total. The lowest BCUT2D eigenvalue weighted by Gasteiger charge is -2.13. The molecular weight excluding hydrogens is 371 g/mol. The summed E-state index contributed by atoms with van der Waals surface area (Å²) in [7, 11) is 4.08. The topological polar surface area (TPSA) is 15.3 Å². The molecule has 0 spiro atoms. The van der Waals surface area contributed by atoms with Gasteiger partial charge in [0, 0.05) is 29.9 Å². The van der Waals surface area contributed by atoms with Crippen LogP contribution in [0.2, 0.25) is 5.02 Å². The number of benzene rings is 2. The smallest absolute Gasteiger partial charge is 0.0648 e. The highest BCUT2D eigenvalue weighted by molar-refractivity contribution is 14.1. The zero-order valence-corrected chi connectivity index (χ0v) is 13.9. The van der Waals surface area contributed by atoms with Crippen LogP contribution in [0.1, 0.15) is 5.56 Å². The molecule has 100 valence electrons. The van der Waals surface area contributed by atoms with Crippen molar-refractivity contribution < 1.29 is 0 Å². The summed E-state index contributed by atoms with van der Waals surface area (Å²) in [5.74, 6) is 0. The van der Waals surface area contributed by atoms with Gasteiger partial charge in [0.2, 0.25) is 0 Å². The number of nitrogens with one attached hydrogen (secondary N) is 1. The van der Waals surface area contributed by atoms with Gasteiger partial charge in [0.25, 0.3) is 0 Å². The monoisotopic (exact) mass is 386 g/mol. The van der Waals surface area contributed by atoms with Gasteiger partial charge >= 0.3 is 0 Å². The van der Waals surface area contributed by atoms with E-state index in [4.69, 9.17) is 11.6 Å². The second-order valence-corrected chi connectivity index (χ2v) is 6.19. The van der Waals surface area contributed by atoms with Crippen molar-refractivity contribution >= 4 is 45.6 Å². The van der Waals surface area contributed by atoms with E-state index < -0.39 is 0 Å². The van der Waals surface area contributed by atoms with E-state index in [1.54, 1.807) is 0 Å². The van der Waals surface area contributed by atoms with Gasteiger partial charge < -0.3 is 10.2 Å². The SMILES string of the molecule is CN(C)c1ccc(CNc2ccc(I)cc2Cl)cc1. The summed E-state index contributed by atoms with van der Waals surface area (Å²) in [4.78, 5) is 2.09. The molecule has 2 aromatic rings. The normalized spacial score (nSPS) is 10.3. The Morgan fingerprint density at radius 2 is 1.79 bits per heavy atom. The molecule has 0 unspecified atom stereocenters. The van der Waals surface area contributed by atoms with E-state index in [1.807, 2.05) is 32.3 Å². The molecule has 19 heavy (non-hydrogen) atoms. The zero-order valence-electron chi connectivity index (χ0n) is 11.0. The predicted octanol–water partition coefficient (Wildman–Crippen LogP) is 4.62. The molecule has 0 aliphatic heterocycles. The summed E-state index contributed by atoms with van der Waals surface area (Å²) >= 11 is 8.44. The van der Waals surface area contributed by atoms with E-state index in [9.17, 15) is 0 Å². The molecule has 0 radical (unpaired) electrons. The fourth-order valence-corrected chi connectivity index (χ4v) is 2.66. The van der Waals surface area contributed by atoms with E-state index in [0.717, 1.165) is 20.8 Å². The fourth-order valence-electron chi connectivity index (χ4n) is 1.74. The molecule has 0 atom stereocenters. The Labute approximate surface area is 132 Å². The van der Waals surface area contributed by atoms with Crippen molar-refractivity contribution in [2.45, 2.75) is 6.54 Å². The first kappa shape index (κ1) is 14.5. The minimum Gasteiger partial charge on any atom is -0.380 e. The molecule has 2 nitrogen and oxygen atoms in total. The first-order chi connectivity index (χ1) is 9.06. The highest BCUT2D eigenvalue weighted by atomic mass is 127. The molecule has 0 fully saturated rings. The van der Waals surface area contributed by atoms with Crippen LogP contribution in [0.5, 0.6) is 0 Å². The summed E-state index contributed by atoms with van der Waals surface area (Å²) in [5.41, 5.74) is 3.41. The quantitative estimate of drug-likeness (QED) is 0.771. The van der Waals surface area contributed by atoms with Crippen LogP contribution >= 0.6 is 34.2 Å². The summed E-state index contributed by atoms with van der Waals surface area (Å²) in [6.07, 6.45) is 0. The Morgan fingerprint density at radius 3 is 2.37 bits per heavy atom. The van der Waals surface area contributed by atoms with Gasteiger partial charge in [0.15, 0.2) is 0 Å². The Balaban J connectivity index is 2.02. The van der Waals surface area contributed by atoms with E-state index in [-0.39, 0.29) is 0 Å². The summed E-state index contributed by atoms with van der Waals surface area (Å²) in [6.45, 7) is 0.772. The molecule has 0 aliphatic carbocycles. The molecule has 0 bridgehead atoms. The number of rotatable bonds is 4. The first-order valence-electron chi connectivity index (χ1n) is 6.01. The van der Waals surface area contributed by atoms with Crippen LogP contribution in [0.15, 0.2) is 42.5 Å². The van der Waals surface area contributed by atoms with Crippen molar-refractivity contribution in [2.75, 3.05) is 24.3 Å². The van der Waals surface area contributed by atoms with Crippen LogP contribution in [0.4, 0.5) is 11.4 Å². The molecule has 4 heteroatoms. The highest BCUT2D eigenvalue weighted by Crippen LogP contribution is 2.24. The van der Waals surface area contributed by atoms with Crippen LogP contribution < -0.4 is 10.2 Å². The summed E-state index contributed by atoms with van der Waals surface area (Å²) in [6, 6.07) is 14.5. The molecule has 0 amide bonds. The van der Waals surface area contributed by atoms with Crippen LogP contribution in [0, 0.1) is 3.57 Å². The van der Waals surface area contributed by atoms with Crippen LogP contribution in [-0.2, 0) is 6.54 Å². The standard InChI is InChI=1S/C15H16ClIN2/c1-19(2)13-6-3-11(4-7-13)10-18-15-8-5-12(17)9-14(15)16/h3-9,18H,10H2,1-2H3. The third-order valence-electron chi connectivity index (χ3n) is 2.87. The molecular formula is C15H16ClIN2. The van der Waals surface area contributed by atoms with E-state index in [2.05, 4.69) is 57.1 Å². The molecule has 0 saturated carbocycles. The highest BCUT2D eigenvalue weighted by Gasteiger charge is 2.01. The van der Waals surface area contributed by atoms with Crippen LogP contribution in [-0.4, -0.2) is 14.1 Å². The van der Waals surface area contributed by atoms with Gasteiger partial charge in [-0.3, -0.25) is 0 Å². The minimum absolute atomic E-state index is 0.761. The van der Waals surface area contributed by atoms with Gasteiger partial charge in [0.1, 0.15) is 0 Å². The Hall–Kier alpha value is -0.940.